The van der Waals surface area contributed by atoms with Gasteiger partial charge in [0, 0.05) is 42.4 Å². The number of hydrogen-bond acceptors (Lipinski definition) is 5. The monoisotopic (exact) mass is 405 g/mol. The molecule has 132 valence electrons. The molecule has 0 bridgehead atoms. The van der Waals surface area contributed by atoms with Crippen LogP contribution in [0.4, 0.5) is 17.1 Å². The Morgan fingerprint density at radius 1 is 1.04 bits per heavy atom. The molecule has 6 nitrogen and oxygen atoms in total. The van der Waals surface area contributed by atoms with Crippen LogP contribution in [0, 0.1) is 10.1 Å². The first-order valence-corrected chi connectivity index (χ1v) is 8.95. The van der Waals surface area contributed by atoms with Gasteiger partial charge in [-0.1, -0.05) is 15.9 Å². The van der Waals surface area contributed by atoms with E-state index < -0.39 is 0 Å². The van der Waals surface area contributed by atoms with Crippen molar-refractivity contribution < 1.29 is 9.66 Å². The number of nitro benzene ring substituents is 1. The van der Waals surface area contributed by atoms with Crippen molar-refractivity contribution in [1.82, 2.24) is 0 Å². The standard InChI is InChI=1S/C18H20BrN3O3/c1-25-16-6-4-15(5-7-16)20-9-2-10-21(12-11-20)17-8-3-14(19)13-18(17)22(23)24/h3-8,13H,2,9-12H2,1H3. The summed E-state index contributed by atoms with van der Waals surface area (Å²) >= 11 is 3.31. The lowest BCUT2D eigenvalue weighted by molar-refractivity contribution is -0.384. The Kier molecular flexibility index (Phi) is 5.43. The third-order valence-electron chi connectivity index (χ3n) is 4.41. The minimum Gasteiger partial charge on any atom is -0.497 e. The van der Waals surface area contributed by atoms with E-state index in [4.69, 9.17) is 4.74 Å². The Hall–Kier alpha value is -2.28. The predicted molar refractivity (Wildman–Crippen MR) is 103 cm³/mol. The lowest BCUT2D eigenvalue weighted by Crippen LogP contribution is -2.31. The number of methoxy groups -OCH3 is 1. The Morgan fingerprint density at radius 3 is 2.40 bits per heavy atom. The van der Waals surface area contributed by atoms with Crippen LogP contribution in [0.2, 0.25) is 0 Å². The number of hydrogen-bond donors (Lipinski definition) is 0. The number of nitrogens with zero attached hydrogens (tertiary/aromatic N) is 3. The summed E-state index contributed by atoms with van der Waals surface area (Å²) in [6, 6.07) is 13.3. The Morgan fingerprint density at radius 2 is 1.72 bits per heavy atom. The van der Waals surface area contributed by atoms with Gasteiger partial charge in [0.05, 0.1) is 12.0 Å². The third-order valence-corrected chi connectivity index (χ3v) is 4.90. The molecule has 2 aromatic carbocycles. The van der Waals surface area contributed by atoms with Crippen molar-refractivity contribution >= 4 is 33.0 Å². The number of benzene rings is 2. The number of anilines is 2. The van der Waals surface area contributed by atoms with Crippen LogP contribution in [0.25, 0.3) is 0 Å². The van der Waals surface area contributed by atoms with Gasteiger partial charge in [0.15, 0.2) is 0 Å². The molecule has 1 fully saturated rings. The molecule has 0 aromatic heterocycles. The second kappa shape index (κ2) is 7.74. The fourth-order valence-corrected chi connectivity index (χ4v) is 3.47. The highest BCUT2D eigenvalue weighted by Gasteiger charge is 2.22. The van der Waals surface area contributed by atoms with Crippen LogP contribution in [-0.2, 0) is 0 Å². The molecule has 0 atom stereocenters. The summed E-state index contributed by atoms with van der Waals surface area (Å²) in [6.07, 6.45) is 0.944. The van der Waals surface area contributed by atoms with Gasteiger partial charge < -0.3 is 14.5 Å². The molecule has 1 aliphatic rings. The van der Waals surface area contributed by atoms with Crippen molar-refractivity contribution in [3.63, 3.8) is 0 Å². The van der Waals surface area contributed by atoms with Gasteiger partial charge in [0.1, 0.15) is 11.4 Å². The summed E-state index contributed by atoms with van der Waals surface area (Å²) in [5.74, 6) is 0.839. The van der Waals surface area contributed by atoms with Crippen molar-refractivity contribution in [2.24, 2.45) is 0 Å². The molecule has 0 unspecified atom stereocenters. The van der Waals surface area contributed by atoms with Gasteiger partial charge in [-0.2, -0.15) is 0 Å². The van der Waals surface area contributed by atoms with E-state index in [1.165, 1.54) is 0 Å². The summed E-state index contributed by atoms with van der Waals surface area (Å²) < 4.78 is 5.93. The molecule has 0 saturated carbocycles. The summed E-state index contributed by atoms with van der Waals surface area (Å²) in [7, 11) is 1.66. The van der Waals surface area contributed by atoms with E-state index in [-0.39, 0.29) is 10.6 Å². The molecule has 25 heavy (non-hydrogen) atoms. The van der Waals surface area contributed by atoms with Crippen molar-refractivity contribution in [3.8, 4) is 5.75 Å². The maximum absolute atomic E-state index is 11.4. The normalized spacial score (nSPS) is 15.0. The molecule has 1 saturated heterocycles. The molecule has 1 aliphatic heterocycles. The van der Waals surface area contributed by atoms with Gasteiger partial charge in [0.2, 0.25) is 0 Å². The van der Waals surface area contributed by atoms with Crippen LogP contribution < -0.4 is 14.5 Å². The SMILES string of the molecule is COc1ccc(N2CCCN(c3ccc(Br)cc3[N+](=O)[O-])CC2)cc1. The number of rotatable bonds is 4. The van der Waals surface area contributed by atoms with Crippen LogP contribution in [0.1, 0.15) is 6.42 Å². The predicted octanol–water partition coefficient (Wildman–Crippen LogP) is 4.08. The molecule has 0 N–H and O–H groups in total. The zero-order chi connectivity index (χ0) is 17.8. The molecule has 3 rings (SSSR count). The zero-order valence-electron chi connectivity index (χ0n) is 14.0. The number of ether oxygens (including phenoxy) is 1. The molecule has 1 heterocycles. The maximum atomic E-state index is 11.4. The second-order valence-corrected chi connectivity index (χ2v) is 6.83. The minimum atomic E-state index is -0.313. The van der Waals surface area contributed by atoms with Crippen molar-refractivity contribution in [2.75, 3.05) is 43.1 Å². The van der Waals surface area contributed by atoms with Crippen molar-refractivity contribution in [1.29, 1.82) is 0 Å². The van der Waals surface area contributed by atoms with E-state index in [1.807, 2.05) is 24.3 Å². The highest BCUT2D eigenvalue weighted by molar-refractivity contribution is 9.10. The average Bonchev–Trinajstić information content (AvgIpc) is 2.88. The first-order valence-electron chi connectivity index (χ1n) is 8.16. The van der Waals surface area contributed by atoms with Gasteiger partial charge >= 0.3 is 0 Å². The van der Waals surface area contributed by atoms with Gasteiger partial charge in [-0.05, 0) is 42.8 Å². The van der Waals surface area contributed by atoms with Gasteiger partial charge in [0.25, 0.3) is 5.69 Å². The van der Waals surface area contributed by atoms with Gasteiger partial charge in [-0.15, -0.1) is 0 Å². The van der Waals surface area contributed by atoms with E-state index in [2.05, 4.69) is 37.9 Å². The largest absolute Gasteiger partial charge is 0.497 e. The number of halogens is 1. The van der Waals surface area contributed by atoms with E-state index in [1.54, 1.807) is 13.2 Å². The van der Waals surface area contributed by atoms with Crippen LogP contribution in [0.15, 0.2) is 46.9 Å². The lowest BCUT2D eigenvalue weighted by atomic mass is 10.2. The molecule has 0 aliphatic carbocycles. The molecule has 2 aromatic rings. The molecule has 0 spiro atoms. The van der Waals surface area contributed by atoms with Crippen LogP contribution in [0.3, 0.4) is 0 Å². The van der Waals surface area contributed by atoms with Crippen molar-refractivity contribution in [3.05, 3.63) is 57.1 Å². The number of nitro groups is 1. The highest BCUT2D eigenvalue weighted by atomic mass is 79.9. The molecule has 7 heteroatoms. The zero-order valence-corrected chi connectivity index (χ0v) is 15.6. The lowest BCUT2D eigenvalue weighted by Gasteiger charge is -2.24. The minimum absolute atomic E-state index is 0.146. The third kappa shape index (κ3) is 4.04. The second-order valence-electron chi connectivity index (χ2n) is 5.92. The van der Waals surface area contributed by atoms with Crippen LogP contribution in [-0.4, -0.2) is 38.2 Å². The summed E-state index contributed by atoms with van der Waals surface area (Å²) in [4.78, 5) is 15.5. The van der Waals surface area contributed by atoms with E-state index in [0.29, 0.717) is 5.69 Å². The average molecular weight is 406 g/mol. The van der Waals surface area contributed by atoms with Gasteiger partial charge in [-0.3, -0.25) is 10.1 Å². The van der Waals surface area contributed by atoms with E-state index in [9.17, 15) is 10.1 Å². The Balaban J connectivity index is 1.76. The van der Waals surface area contributed by atoms with E-state index >= 15 is 0 Å². The fraction of sp³-hybridized carbons (Fsp3) is 0.333. The van der Waals surface area contributed by atoms with Crippen LogP contribution >= 0.6 is 15.9 Å². The summed E-state index contributed by atoms with van der Waals surface area (Å²) in [5, 5.41) is 11.4. The van der Waals surface area contributed by atoms with Crippen LogP contribution in [0.5, 0.6) is 5.75 Å². The molecule has 0 amide bonds. The summed E-state index contributed by atoms with van der Waals surface area (Å²) in [5.41, 5.74) is 1.98. The Bertz CT molecular complexity index is 752. The molecular formula is C18H20BrN3O3. The maximum Gasteiger partial charge on any atom is 0.293 e. The van der Waals surface area contributed by atoms with E-state index in [0.717, 1.165) is 48.5 Å². The summed E-state index contributed by atoms with van der Waals surface area (Å²) in [6.45, 7) is 3.29. The molecular weight excluding hydrogens is 386 g/mol. The smallest absolute Gasteiger partial charge is 0.293 e. The topological polar surface area (TPSA) is 58.8 Å². The first kappa shape index (κ1) is 17.5. The van der Waals surface area contributed by atoms with Gasteiger partial charge in [-0.25, -0.2) is 0 Å². The Labute approximate surface area is 155 Å². The molecule has 0 radical (unpaired) electrons. The van der Waals surface area contributed by atoms with Crippen molar-refractivity contribution in [2.45, 2.75) is 6.42 Å². The highest BCUT2D eigenvalue weighted by Crippen LogP contribution is 2.32. The fourth-order valence-electron chi connectivity index (χ4n) is 3.12. The first-order chi connectivity index (χ1) is 12.1. The quantitative estimate of drug-likeness (QED) is 0.566.